The second-order valence-electron chi connectivity index (χ2n) is 6.51. The van der Waals surface area contributed by atoms with E-state index in [1.807, 2.05) is 19.1 Å². The van der Waals surface area contributed by atoms with E-state index in [1.165, 1.54) is 13.3 Å². The van der Waals surface area contributed by atoms with Gasteiger partial charge in [0.05, 0.1) is 24.4 Å². The molecule has 2 amide bonds. The summed E-state index contributed by atoms with van der Waals surface area (Å²) in [5, 5.41) is 6.52. The minimum Gasteiger partial charge on any atom is -0.490 e. The summed E-state index contributed by atoms with van der Waals surface area (Å²) < 4.78 is 16.1. The predicted octanol–water partition coefficient (Wildman–Crippen LogP) is 3.19. The summed E-state index contributed by atoms with van der Waals surface area (Å²) >= 11 is 3.37. The van der Waals surface area contributed by atoms with Gasteiger partial charge in [-0.05, 0) is 59.6 Å². The van der Waals surface area contributed by atoms with E-state index < -0.39 is 17.8 Å². The number of hydrogen-bond donors (Lipinski definition) is 2. The van der Waals surface area contributed by atoms with Crippen LogP contribution in [0.1, 0.15) is 24.5 Å². The Morgan fingerprint density at radius 1 is 1.09 bits per heavy atom. The van der Waals surface area contributed by atoms with E-state index in [4.69, 9.17) is 9.47 Å². The fraction of sp³-hybridized carbons (Fsp3) is 0.273. The van der Waals surface area contributed by atoms with Gasteiger partial charge in [0, 0.05) is 5.69 Å². The van der Waals surface area contributed by atoms with Gasteiger partial charge in [-0.1, -0.05) is 17.7 Å². The molecule has 0 fully saturated rings. The molecule has 2 N–H and O–H groups in total. The minimum absolute atomic E-state index is 0.274. The molecule has 2 aromatic carbocycles. The summed E-state index contributed by atoms with van der Waals surface area (Å²) in [6.07, 6.45) is 1.02. The van der Waals surface area contributed by atoms with Gasteiger partial charge in [0.1, 0.15) is 6.42 Å². The lowest BCUT2D eigenvalue weighted by atomic mass is 10.2. The van der Waals surface area contributed by atoms with Crippen molar-refractivity contribution in [3.8, 4) is 11.5 Å². The molecule has 0 atom stereocenters. The van der Waals surface area contributed by atoms with Crippen molar-refractivity contribution in [1.82, 2.24) is 5.43 Å². The van der Waals surface area contributed by atoms with Gasteiger partial charge in [-0.25, -0.2) is 10.2 Å². The normalized spacial score (nSPS) is 10.5. The smallest absolute Gasteiger partial charge is 0.343 e. The summed E-state index contributed by atoms with van der Waals surface area (Å²) in [5.41, 5.74) is 4.58. The number of benzene rings is 2. The van der Waals surface area contributed by atoms with Crippen LogP contribution in [-0.2, 0) is 19.1 Å². The Labute approximate surface area is 194 Å². The highest BCUT2D eigenvalue weighted by Gasteiger charge is 2.14. The third-order valence-electron chi connectivity index (χ3n) is 3.95. The largest absolute Gasteiger partial charge is 0.490 e. The summed E-state index contributed by atoms with van der Waals surface area (Å²) in [6, 6.07) is 10.6. The number of esters is 1. The molecule has 0 radical (unpaired) electrons. The van der Waals surface area contributed by atoms with E-state index in [0.29, 0.717) is 33.8 Å². The molecule has 0 aliphatic rings. The number of methoxy groups -OCH3 is 1. The highest BCUT2D eigenvalue weighted by Crippen LogP contribution is 2.36. The minimum atomic E-state index is -0.562. The number of rotatable bonds is 10. The number of halogens is 1. The molecule has 0 heterocycles. The molecule has 2 rings (SSSR count). The lowest BCUT2D eigenvalue weighted by molar-refractivity contribution is -0.143. The zero-order chi connectivity index (χ0) is 23.5. The monoisotopic (exact) mass is 505 g/mol. The number of amides is 2. The third-order valence-corrected chi connectivity index (χ3v) is 4.54. The maximum absolute atomic E-state index is 12.0. The number of hydrazone groups is 1. The van der Waals surface area contributed by atoms with Crippen LogP contribution >= 0.6 is 15.9 Å². The molecular weight excluding hydrogens is 482 g/mol. The molecule has 10 heteroatoms. The maximum atomic E-state index is 12.0. The number of carbonyl (C=O) groups is 3. The first-order valence-corrected chi connectivity index (χ1v) is 10.5. The Bertz CT molecular complexity index is 992. The van der Waals surface area contributed by atoms with E-state index in [0.717, 1.165) is 5.56 Å². The molecule has 2 aromatic rings. The van der Waals surface area contributed by atoms with Crippen molar-refractivity contribution in [3.63, 3.8) is 0 Å². The Morgan fingerprint density at radius 3 is 2.47 bits per heavy atom. The Balaban J connectivity index is 1.96. The van der Waals surface area contributed by atoms with Crippen LogP contribution in [0.15, 0.2) is 46.0 Å². The van der Waals surface area contributed by atoms with Gasteiger partial charge in [-0.3, -0.25) is 9.59 Å². The molecular formula is C22H24BrN3O6. The molecule has 0 aliphatic carbocycles. The fourth-order valence-electron chi connectivity index (χ4n) is 2.46. The molecule has 0 spiro atoms. The van der Waals surface area contributed by atoms with Gasteiger partial charge in [0.15, 0.2) is 18.1 Å². The number of nitrogens with zero attached hydrogens (tertiary/aromatic N) is 1. The average Bonchev–Trinajstić information content (AvgIpc) is 2.74. The number of aryl methyl sites for hydroxylation is 1. The van der Waals surface area contributed by atoms with Crippen LogP contribution in [0.5, 0.6) is 11.5 Å². The zero-order valence-electron chi connectivity index (χ0n) is 17.9. The third kappa shape index (κ3) is 8.03. The van der Waals surface area contributed by atoms with Crippen molar-refractivity contribution in [2.45, 2.75) is 20.3 Å². The second kappa shape index (κ2) is 12.5. The number of anilines is 1. The van der Waals surface area contributed by atoms with Crippen LogP contribution in [0.25, 0.3) is 0 Å². The van der Waals surface area contributed by atoms with Gasteiger partial charge in [-0.15, -0.1) is 0 Å². The first kappa shape index (κ1) is 24.9. The van der Waals surface area contributed by atoms with Crippen molar-refractivity contribution in [2.24, 2.45) is 5.10 Å². The van der Waals surface area contributed by atoms with Crippen molar-refractivity contribution < 1.29 is 28.6 Å². The first-order chi connectivity index (χ1) is 15.3. The topological polar surface area (TPSA) is 115 Å². The Morgan fingerprint density at radius 2 is 1.81 bits per heavy atom. The molecule has 32 heavy (non-hydrogen) atoms. The van der Waals surface area contributed by atoms with Crippen molar-refractivity contribution >= 4 is 45.6 Å². The highest BCUT2D eigenvalue weighted by molar-refractivity contribution is 9.10. The molecule has 9 nitrogen and oxygen atoms in total. The maximum Gasteiger partial charge on any atom is 0.343 e. The molecule has 0 aliphatic heterocycles. The fourth-order valence-corrected chi connectivity index (χ4v) is 3.04. The van der Waals surface area contributed by atoms with E-state index in [1.54, 1.807) is 31.2 Å². The van der Waals surface area contributed by atoms with Gasteiger partial charge in [0.2, 0.25) is 11.8 Å². The second-order valence-corrected chi connectivity index (χ2v) is 7.37. The molecule has 0 aromatic heterocycles. The highest BCUT2D eigenvalue weighted by atomic mass is 79.9. The lowest BCUT2D eigenvalue weighted by Crippen LogP contribution is -2.24. The quantitative estimate of drug-likeness (QED) is 0.221. The van der Waals surface area contributed by atoms with Crippen LogP contribution in [0.2, 0.25) is 0 Å². The number of hydrogen-bond acceptors (Lipinski definition) is 7. The van der Waals surface area contributed by atoms with Crippen LogP contribution in [-0.4, -0.2) is 44.3 Å². The summed E-state index contributed by atoms with van der Waals surface area (Å²) in [4.78, 5) is 35.3. The number of carbonyl (C=O) groups excluding carboxylic acids is 3. The van der Waals surface area contributed by atoms with E-state index >= 15 is 0 Å². The first-order valence-electron chi connectivity index (χ1n) is 9.66. The lowest BCUT2D eigenvalue weighted by Gasteiger charge is -2.13. The molecule has 0 bridgehead atoms. The summed E-state index contributed by atoms with van der Waals surface area (Å²) in [7, 11) is 1.27. The molecule has 0 unspecified atom stereocenters. The predicted molar refractivity (Wildman–Crippen MR) is 123 cm³/mol. The number of ether oxygens (including phenoxy) is 3. The van der Waals surface area contributed by atoms with E-state index in [2.05, 4.69) is 36.5 Å². The standard InChI is InChI=1S/C22H24BrN3O6/c1-4-31-18-10-15(9-17(23)22(18)32-13-21(29)30-3)12-24-26-20(28)11-19(27)25-16-7-5-14(2)6-8-16/h5-10,12H,4,11,13H2,1-3H3,(H,25,27)(H,26,28). The van der Waals surface area contributed by atoms with E-state index in [-0.39, 0.29) is 13.0 Å². The average molecular weight is 506 g/mol. The van der Waals surface area contributed by atoms with Crippen molar-refractivity contribution in [3.05, 3.63) is 52.0 Å². The Hall–Kier alpha value is -3.40. The van der Waals surface area contributed by atoms with Gasteiger partial charge < -0.3 is 19.5 Å². The Kier molecular flexibility index (Phi) is 9.68. The molecule has 0 saturated heterocycles. The van der Waals surface area contributed by atoms with Crippen molar-refractivity contribution in [1.29, 1.82) is 0 Å². The van der Waals surface area contributed by atoms with Gasteiger partial charge >= 0.3 is 5.97 Å². The molecule has 170 valence electrons. The van der Waals surface area contributed by atoms with Crippen molar-refractivity contribution in [2.75, 3.05) is 25.6 Å². The summed E-state index contributed by atoms with van der Waals surface area (Å²) in [6.45, 7) is 3.84. The van der Waals surface area contributed by atoms with Gasteiger partial charge in [-0.2, -0.15) is 5.10 Å². The summed E-state index contributed by atoms with van der Waals surface area (Å²) in [5.74, 6) is -0.815. The van der Waals surface area contributed by atoms with Crippen LogP contribution in [0, 0.1) is 6.92 Å². The van der Waals surface area contributed by atoms with E-state index in [9.17, 15) is 14.4 Å². The van der Waals surface area contributed by atoms with Gasteiger partial charge in [0.25, 0.3) is 0 Å². The number of nitrogens with one attached hydrogen (secondary N) is 2. The van der Waals surface area contributed by atoms with Crippen LogP contribution in [0.3, 0.4) is 0 Å². The molecule has 0 saturated carbocycles. The zero-order valence-corrected chi connectivity index (χ0v) is 19.5. The van der Waals surface area contributed by atoms with Crippen LogP contribution in [0.4, 0.5) is 5.69 Å². The SMILES string of the molecule is CCOc1cc(C=NNC(=O)CC(=O)Nc2ccc(C)cc2)cc(Br)c1OCC(=O)OC. The van der Waals surface area contributed by atoms with Crippen LogP contribution < -0.4 is 20.2 Å².